The molecule has 27 heavy (non-hydrogen) atoms. The first-order valence-electron chi connectivity index (χ1n) is 7.61. The van der Waals surface area contributed by atoms with Gasteiger partial charge in [0.25, 0.3) is 11.8 Å². The second-order valence-corrected chi connectivity index (χ2v) is 7.15. The maximum atomic E-state index is 12.4. The Morgan fingerprint density at radius 1 is 0.963 bits per heavy atom. The number of esters is 1. The van der Waals surface area contributed by atoms with Crippen LogP contribution in [0.2, 0.25) is 0 Å². The van der Waals surface area contributed by atoms with Gasteiger partial charge in [0.1, 0.15) is 5.75 Å². The standard InChI is InChI=1S/C18H13NO7S/c1-11(2)18(22)25-12-7-9-13(10-8-12)27(23,24)26-19-16(20)14-5-3-4-6-15(14)17(19)21/h3-10H,1H2,2H3. The quantitative estimate of drug-likeness (QED) is 0.335. The van der Waals surface area contributed by atoms with Crippen LogP contribution in [0.5, 0.6) is 5.75 Å². The maximum Gasteiger partial charge on any atom is 0.338 e. The number of benzene rings is 2. The summed E-state index contributed by atoms with van der Waals surface area (Å²) < 4.78 is 34.5. The van der Waals surface area contributed by atoms with Gasteiger partial charge in [-0.05, 0) is 43.3 Å². The molecule has 1 aliphatic rings. The van der Waals surface area contributed by atoms with Gasteiger partial charge in [0.15, 0.2) is 0 Å². The summed E-state index contributed by atoms with van der Waals surface area (Å²) in [6.07, 6.45) is 0. The molecule has 0 bridgehead atoms. The number of hydroxylamine groups is 2. The Bertz CT molecular complexity index is 1040. The Balaban J connectivity index is 1.80. The second kappa shape index (κ2) is 6.78. The first-order chi connectivity index (χ1) is 12.7. The summed E-state index contributed by atoms with van der Waals surface area (Å²) in [5.74, 6) is -2.30. The van der Waals surface area contributed by atoms with E-state index >= 15 is 0 Å². The summed E-state index contributed by atoms with van der Waals surface area (Å²) in [6.45, 7) is 4.91. The highest BCUT2D eigenvalue weighted by Gasteiger charge is 2.39. The minimum atomic E-state index is -4.46. The van der Waals surface area contributed by atoms with Crippen LogP contribution >= 0.6 is 0 Å². The summed E-state index contributed by atoms with van der Waals surface area (Å²) in [5, 5.41) is 0.203. The van der Waals surface area contributed by atoms with Gasteiger partial charge in [-0.3, -0.25) is 9.59 Å². The number of hydrogen-bond acceptors (Lipinski definition) is 7. The van der Waals surface area contributed by atoms with E-state index in [9.17, 15) is 22.8 Å². The number of imide groups is 1. The van der Waals surface area contributed by atoms with Crippen molar-refractivity contribution >= 4 is 27.9 Å². The largest absolute Gasteiger partial charge is 0.423 e. The first-order valence-corrected chi connectivity index (χ1v) is 9.02. The van der Waals surface area contributed by atoms with Crippen LogP contribution in [0, 0.1) is 0 Å². The first kappa shape index (κ1) is 18.5. The second-order valence-electron chi connectivity index (χ2n) is 5.62. The van der Waals surface area contributed by atoms with E-state index < -0.39 is 27.9 Å². The van der Waals surface area contributed by atoms with Crippen molar-refractivity contribution in [3.8, 4) is 5.75 Å². The van der Waals surface area contributed by atoms with Gasteiger partial charge in [0.2, 0.25) is 0 Å². The molecule has 2 aromatic carbocycles. The Morgan fingerprint density at radius 3 is 1.96 bits per heavy atom. The van der Waals surface area contributed by atoms with Crippen LogP contribution in [-0.4, -0.2) is 31.3 Å². The number of nitrogens with zero attached hydrogens (tertiary/aromatic N) is 1. The van der Waals surface area contributed by atoms with Crippen molar-refractivity contribution in [1.29, 1.82) is 0 Å². The lowest BCUT2D eigenvalue weighted by molar-refractivity contribution is -0.130. The van der Waals surface area contributed by atoms with Crippen molar-refractivity contribution in [2.45, 2.75) is 11.8 Å². The topological polar surface area (TPSA) is 107 Å². The minimum absolute atomic E-state index is 0.0553. The molecule has 9 heteroatoms. The molecule has 138 valence electrons. The fraction of sp³-hybridized carbons (Fsp3) is 0.0556. The molecule has 2 aromatic rings. The van der Waals surface area contributed by atoms with Gasteiger partial charge in [-0.25, -0.2) is 4.79 Å². The lowest BCUT2D eigenvalue weighted by atomic mass is 10.1. The average Bonchev–Trinajstić information content (AvgIpc) is 2.87. The summed E-state index contributed by atoms with van der Waals surface area (Å²) in [5.41, 5.74) is 0.292. The smallest absolute Gasteiger partial charge is 0.338 e. The van der Waals surface area contributed by atoms with Crippen LogP contribution in [-0.2, 0) is 19.2 Å². The van der Waals surface area contributed by atoms with E-state index in [1.54, 1.807) is 12.1 Å². The molecule has 0 aliphatic carbocycles. The monoisotopic (exact) mass is 387 g/mol. The van der Waals surface area contributed by atoms with Gasteiger partial charge in [0.05, 0.1) is 16.0 Å². The number of carbonyl (C=O) groups excluding carboxylic acids is 3. The van der Waals surface area contributed by atoms with Gasteiger partial charge in [-0.2, -0.15) is 8.42 Å². The molecule has 0 N–H and O–H groups in total. The molecule has 1 heterocycles. The molecule has 0 radical (unpaired) electrons. The van der Waals surface area contributed by atoms with Gasteiger partial charge >= 0.3 is 16.1 Å². The number of ether oxygens (including phenoxy) is 1. The number of carbonyl (C=O) groups is 3. The van der Waals surface area contributed by atoms with Gasteiger partial charge in [-0.15, -0.1) is 9.35 Å². The fourth-order valence-corrected chi connectivity index (χ4v) is 3.13. The van der Waals surface area contributed by atoms with Crippen LogP contribution in [0.25, 0.3) is 0 Å². The van der Waals surface area contributed by atoms with E-state index in [1.165, 1.54) is 31.2 Å². The van der Waals surface area contributed by atoms with Crippen molar-refractivity contribution in [3.63, 3.8) is 0 Å². The van der Waals surface area contributed by atoms with Gasteiger partial charge < -0.3 is 4.74 Å². The van der Waals surface area contributed by atoms with E-state index in [0.29, 0.717) is 0 Å². The summed E-state index contributed by atoms with van der Waals surface area (Å²) >= 11 is 0. The Kier molecular flexibility index (Phi) is 4.64. The molecular weight excluding hydrogens is 374 g/mol. The predicted octanol–water partition coefficient (Wildman–Crippen LogP) is 2.08. The summed E-state index contributed by atoms with van der Waals surface area (Å²) in [7, 11) is -4.46. The Hall–Kier alpha value is -3.30. The average molecular weight is 387 g/mol. The van der Waals surface area contributed by atoms with Crippen LogP contribution < -0.4 is 4.74 Å². The summed E-state index contributed by atoms with van der Waals surface area (Å²) in [6, 6.07) is 10.6. The van der Waals surface area contributed by atoms with Crippen LogP contribution in [0.15, 0.2) is 65.6 Å². The number of fused-ring (bicyclic) bond motifs is 1. The third kappa shape index (κ3) is 3.50. The maximum absolute atomic E-state index is 12.4. The highest BCUT2D eigenvalue weighted by Crippen LogP contribution is 2.26. The van der Waals surface area contributed by atoms with E-state index in [2.05, 4.69) is 6.58 Å². The number of rotatable bonds is 5. The van der Waals surface area contributed by atoms with E-state index in [0.717, 1.165) is 12.1 Å². The third-order valence-electron chi connectivity index (χ3n) is 3.60. The van der Waals surface area contributed by atoms with Crippen molar-refractivity contribution in [1.82, 2.24) is 5.06 Å². The zero-order valence-corrected chi connectivity index (χ0v) is 14.9. The van der Waals surface area contributed by atoms with Crippen molar-refractivity contribution in [3.05, 3.63) is 71.8 Å². The molecule has 1 aliphatic heterocycles. The van der Waals surface area contributed by atoms with Crippen LogP contribution in [0.3, 0.4) is 0 Å². The molecule has 0 spiro atoms. The molecule has 2 amide bonds. The molecule has 0 fully saturated rings. The van der Waals surface area contributed by atoms with Crippen molar-refractivity contribution < 1.29 is 31.8 Å². The highest BCUT2D eigenvalue weighted by atomic mass is 32.2. The Labute approximate surface area is 154 Å². The molecular formula is C18H13NO7S. The molecule has 8 nitrogen and oxygen atoms in total. The van der Waals surface area contributed by atoms with Crippen molar-refractivity contribution in [2.24, 2.45) is 0 Å². The lowest BCUT2D eigenvalue weighted by Crippen LogP contribution is -2.32. The molecule has 0 aromatic heterocycles. The molecule has 0 unspecified atom stereocenters. The van der Waals surface area contributed by atoms with Crippen LogP contribution in [0.4, 0.5) is 0 Å². The minimum Gasteiger partial charge on any atom is -0.423 e. The fourth-order valence-electron chi connectivity index (χ4n) is 2.24. The molecule has 0 saturated carbocycles. The van der Waals surface area contributed by atoms with Crippen LogP contribution in [0.1, 0.15) is 27.6 Å². The van der Waals surface area contributed by atoms with E-state index in [-0.39, 0.29) is 32.4 Å². The zero-order valence-electron chi connectivity index (χ0n) is 14.0. The van der Waals surface area contributed by atoms with E-state index in [4.69, 9.17) is 9.02 Å². The van der Waals surface area contributed by atoms with Crippen molar-refractivity contribution in [2.75, 3.05) is 0 Å². The molecule has 3 rings (SSSR count). The predicted molar refractivity (Wildman–Crippen MR) is 92.1 cm³/mol. The highest BCUT2D eigenvalue weighted by molar-refractivity contribution is 7.86. The van der Waals surface area contributed by atoms with Gasteiger partial charge in [0, 0.05) is 5.57 Å². The third-order valence-corrected chi connectivity index (χ3v) is 4.80. The normalized spacial score (nSPS) is 13.4. The van der Waals surface area contributed by atoms with Gasteiger partial charge in [-0.1, -0.05) is 18.7 Å². The number of amides is 2. The summed E-state index contributed by atoms with van der Waals surface area (Å²) in [4.78, 5) is 35.5. The molecule has 0 atom stereocenters. The SMILES string of the molecule is C=C(C)C(=O)Oc1ccc(S(=O)(=O)ON2C(=O)c3ccccc3C2=O)cc1. The molecule has 0 saturated heterocycles. The zero-order chi connectivity index (χ0) is 19.8. The lowest BCUT2D eigenvalue weighted by Gasteiger charge is -2.13. The van der Waals surface area contributed by atoms with E-state index in [1.807, 2.05) is 0 Å². The number of hydrogen-bond donors (Lipinski definition) is 0. The Morgan fingerprint density at radius 2 is 1.48 bits per heavy atom.